The highest BCUT2D eigenvalue weighted by Crippen LogP contribution is 2.11. The number of hydrogen-bond donors (Lipinski definition) is 0. The lowest BCUT2D eigenvalue weighted by atomic mass is 10.2. The molecule has 2 rings (SSSR count). The molecule has 0 aliphatic heterocycles. The molecule has 0 aliphatic carbocycles. The Morgan fingerprint density at radius 2 is 1.73 bits per heavy atom. The Kier molecular flexibility index (Phi) is 2.68. The molecule has 0 atom stereocenters. The van der Waals surface area contributed by atoms with E-state index in [0.717, 1.165) is 11.4 Å². The molecule has 0 saturated carbocycles. The Morgan fingerprint density at radius 3 is 2.33 bits per heavy atom. The first-order chi connectivity index (χ1) is 7.31. The minimum Gasteiger partial charge on any atom is -0.497 e. The molecular formula is C13H14NO+. The van der Waals surface area contributed by atoms with Gasteiger partial charge in [-0.1, -0.05) is 6.07 Å². The van der Waals surface area contributed by atoms with Gasteiger partial charge in [0.05, 0.1) is 7.11 Å². The molecule has 0 fully saturated rings. The van der Waals surface area contributed by atoms with Crippen LogP contribution in [0.15, 0.2) is 48.7 Å². The Balaban J connectivity index is 2.42. The molecule has 0 spiro atoms. The van der Waals surface area contributed by atoms with Gasteiger partial charge in [0, 0.05) is 31.2 Å². The predicted molar refractivity (Wildman–Crippen MR) is 59.3 cm³/mol. The van der Waals surface area contributed by atoms with Gasteiger partial charge in [0.1, 0.15) is 5.75 Å². The smallest absolute Gasteiger partial charge is 0.211 e. The maximum absolute atomic E-state index is 5.13. The van der Waals surface area contributed by atoms with Crippen molar-refractivity contribution in [3.63, 3.8) is 0 Å². The van der Waals surface area contributed by atoms with Gasteiger partial charge in [-0.25, -0.2) is 0 Å². The average Bonchev–Trinajstić information content (AvgIpc) is 2.30. The summed E-state index contributed by atoms with van der Waals surface area (Å²) in [6.45, 7) is 2.09. The lowest BCUT2D eigenvalue weighted by Crippen LogP contribution is -2.33. The lowest BCUT2D eigenvalue weighted by molar-refractivity contribution is -0.602. The van der Waals surface area contributed by atoms with Crippen molar-refractivity contribution in [1.82, 2.24) is 0 Å². The maximum atomic E-state index is 5.13. The number of benzene rings is 1. The third-order valence-corrected chi connectivity index (χ3v) is 2.41. The van der Waals surface area contributed by atoms with Crippen molar-refractivity contribution in [1.29, 1.82) is 0 Å². The van der Waals surface area contributed by atoms with Gasteiger partial charge in [0.25, 0.3) is 0 Å². The molecule has 2 heteroatoms. The van der Waals surface area contributed by atoms with Gasteiger partial charge in [-0.3, -0.25) is 0 Å². The monoisotopic (exact) mass is 200 g/mol. The van der Waals surface area contributed by atoms with Crippen LogP contribution < -0.4 is 9.30 Å². The first-order valence-corrected chi connectivity index (χ1v) is 4.93. The van der Waals surface area contributed by atoms with Crippen LogP contribution in [0.5, 0.6) is 5.75 Å². The third-order valence-electron chi connectivity index (χ3n) is 2.41. The minimum absolute atomic E-state index is 0.882. The van der Waals surface area contributed by atoms with Crippen molar-refractivity contribution in [2.24, 2.45) is 0 Å². The van der Waals surface area contributed by atoms with Crippen molar-refractivity contribution < 1.29 is 9.30 Å². The molecule has 0 bridgehead atoms. The largest absolute Gasteiger partial charge is 0.497 e. The summed E-state index contributed by atoms with van der Waals surface area (Å²) in [7, 11) is 1.68. The molecule has 0 N–H and O–H groups in total. The van der Waals surface area contributed by atoms with Crippen LogP contribution in [0.4, 0.5) is 0 Å². The summed E-state index contributed by atoms with van der Waals surface area (Å²) in [5, 5.41) is 0. The number of pyridine rings is 1. The van der Waals surface area contributed by atoms with Gasteiger partial charge < -0.3 is 4.74 Å². The zero-order valence-corrected chi connectivity index (χ0v) is 8.97. The van der Waals surface area contributed by atoms with Crippen molar-refractivity contribution in [3.8, 4) is 11.4 Å². The zero-order chi connectivity index (χ0) is 10.7. The van der Waals surface area contributed by atoms with E-state index >= 15 is 0 Å². The summed E-state index contributed by atoms with van der Waals surface area (Å²) < 4.78 is 7.26. The molecule has 1 aromatic heterocycles. The molecule has 0 radical (unpaired) electrons. The Morgan fingerprint density at radius 1 is 1.00 bits per heavy atom. The molecule has 2 nitrogen and oxygen atoms in total. The molecular weight excluding hydrogens is 186 g/mol. The molecule has 0 aliphatic rings. The second kappa shape index (κ2) is 4.13. The summed E-state index contributed by atoms with van der Waals surface area (Å²) in [6.07, 6.45) is 2.05. The van der Waals surface area contributed by atoms with Crippen molar-refractivity contribution in [3.05, 3.63) is 54.4 Å². The SMILES string of the molecule is COc1ccc(-[n+]2ccccc2C)cc1. The van der Waals surface area contributed by atoms with E-state index in [1.54, 1.807) is 7.11 Å². The Labute approximate surface area is 89.8 Å². The van der Waals surface area contributed by atoms with E-state index in [9.17, 15) is 0 Å². The zero-order valence-electron chi connectivity index (χ0n) is 8.97. The number of aromatic nitrogens is 1. The molecule has 1 aromatic carbocycles. The topological polar surface area (TPSA) is 13.1 Å². The van der Waals surface area contributed by atoms with Crippen molar-refractivity contribution in [2.45, 2.75) is 6.92 Å². The van der Waals surface area contributed by atoms with Crippen LogP contribution in [0.25, 0.3) is 5.69 Å². The van der Waals surface area contributed by atoms with Gasteiger partial charge in [-0.05, 0) is 12.1 Å². The van der Waals surface area contributed by atoms with Gasteiger partial charge in [-0.2, -0.15) is 4.57 Å². The average molecular weight is 200 g/mol. The number of methoxy groups -OCH3 is 1. The fourth-order valence-electron chi connectivity index (χ4n) is 1.56. The maximum Gasteiger partial charge on any atom is 0.211 e. The standard InChI is InChI=1S/C13H14NO/c1-11-5-3-4-10-14(11)12-6-8-13(15-2)9-7-12/h3-10H,1-2H3/q+1. The van der Waals surface area contributed by atoms with Crippen LogP contribution >= 0.6 is 0 Å². The van der Waals surface area contributed by atoms with Crippen molar-refractivity contribution >= 4 is 0 Å². The fourth-order valence-corrected chi connectivity index (χ4v) is 1.56. The number of aryl methyl sites for hydroxylation is 1. The molecule has 0 saturated heterocycles. The molecule has 0 unspecified atom stereocenters. The van der Waals surface area contributed by atoms with E-state index in [1.165, 1.54) is 5.69 Å². The molecule has 76 valence electrons. The van der Waals surface area contributed by atoms with E-state index < -0.39 is 0 Å². The van der Waals surface area contributed by atoms with Crippen LogP contribution in [-0.4, -0.2) is 7.11 Å². The first-order valence-electron chi connectivity index (χ1n) is 4.93. The van der Waals surface area contributed by atoms with Gasteiger partial charge in [-0.15, -0.1) is 0 Å². The first kappa shape index (κ1) is 9.71. The Bertz CT molecular complexity index is 448. The Hall–Kier alpha value is -1.83. The molecule has 0 amide bonds. The predicted octanol–water partition coefficient (Wildman–Crippen LogP) is 2.28. The summed E-state index contributed by atoms with van der Waals surface area (Å²) in [5.74, 6) is 0.882. The number of rotatable bonds is 2. The normalized spacial score (nSPS) is 10.0. The van der Waals surface area contributed by atoms with Gasteiger partial charge >= 0.3 is 0 Å². The fraction of sp³-hybridized carbons (Fsp3) is 0.154. The van der Waals surface area contributed by atoms with E-state index in [2.05, 4.69) is 23.8 Å². The van der Waals surface area contributed by atoms with Crippen LogP contribution in [0.1, 0.15) is 5.69 Å². The molecule has 15 heavy (non-hydrogen) atoms. The van der Waals surface area contributed by atoms with Gasteiger partial charge in [0.15, 0.2) is 11.9 Å². The summed E-state index contributed by atoms with van der Waals surface area (Å²) >= 11 is 0. The lowest BCUT2D eigenvalue weighted by Gasteiger charge is -2.00. The van der Waals surface area contributed by atoms with Crippen LogP contribution in [0, 0.1) is 6.92 Å². The highest BCUT2D eigenvalue weighted by Gasteiger charge is 2.07. The van der Waals surface area contributed by atoms with Gasteiger partial charge in [0.2, 0.25) is 5.69 Å². The van der Waals surface area contributed by atoms with E-state index in [4.69, 9.17) is 4.74 Å². The minimum atomic E-state index is 0.882. The van der Waals surface area contributed by atoms with E-state index in [1.807, 2.05) is 36.4 Å². The summed E-state index contributed by atoms with van der Waals surface area (Å²) in [5.41, 5.74) is 2.36. The van der Waals surface area contributed by atoms with Crippen LogP contribution in [0.2, 0.25) is 0 Å². The number of nitrogens with zero attached hydrogens (tertiary/aromatic N) is 1. The highest BCUT2D eigenvalue weighted by molar-refractivity contribution is 5.31. The number of ether oxygens (including phenoxy) is 1. The quantitative estimate of drug-likeness (QED) is 0.678. The molecule has 2 aromatic rings. The third kappa shape index (κ3) is 1.99. The number of hydrogen-bond acceptors (Lipinski definition) is 1. The second-order valence-corrected chi connectivity index (χ2v) is 3.41. The van der Waals surface area contributed by atoms with E-state index in [0.29, 0.717) is 0 Å². The summed E-state index contributed by atoms with van der Waals surface area (Å²) in [4.78, 5) is 0. The molecule has 1 heterocycles. The highest BCUT2D eigenvalue weighted by atomic mass is 16.5. The second-order valence-electron chi connectivity index (χ2n) is 3.41. The summed E-state index contributed by atoms with van der Waals surface area (Å²) in [6, 6.07) is 14.2. The van der Waals surface area contributed by atoms with Crippen LogP contribution in [0.3, 0.4) is 0 Å². The van der Waals surface area contributed by atoms with Crippen molar-refractivity contribution in [2.75, 3.05) is 7.11 Å². The van der Waals surface area contributed by atoms with Crippen LogP contribution in [-0.2, 0) is 0 Å². The van der Waals surface area contributed by atoms with E-state index in [-0.39, 0.29) is 0 Å².